The SMILES string of the molecule is CCNC(c1ccc(OC)c(C)c1)c1nccs1. The van der Waals surface area contributed by atoms with Crippen molar-refractivity contribution in [3.8, 4) is 5.75 Å². The zero-order chi connectivity index (χ0) is 13.0. The molecule has 0 aliphatic rings. The highest BCUT2D eigenvalue weighted by Gasteiger charge is 2.16. The second-order valence-electron chi connectivity index (χ2n) is 4.09. The van der Waals surface area contributed by atoms with Crippen molar-refractivity contribution in [2.24, 2.45) is 0 Å². The average molecular weight is 262 g/mol. The molecule has 1 aromatic heterocycles. The maximum Gasteiger partial charge on any atom is 0.121 e. The number of hydrogen-bond donors (Lipinski definition) is 1. The molecule has 1 atom stereocenters. The molecule has 0 aliphatic heterocycles. The molecule has 0 bridgehead atoms. The van der Waals surface area contributed by atoms with Gasteiger partial charge in [-0.3, -0.25) is 0 Å². The zero-order valence-electron chi connectivity index (χ0n) is 10.9. The van der Waals surface area contributed by atoms with Crippen LogP contribution in [0, 0.1) is 6.92 Å². The second-order valence-corrected chi connectivity index (χ2v) is 5.02. The fraction of sp³-hybridized carbons (Fsp3) is 0.357. The van der Waals surface area contributed by atoms with Crippen LogP contribution in [-0.2, 0) is 0 Å². The molecule has 2 aromatic rings. The van der Waals surface area contributed by atoms with Crippen molar-refractivity contribution in [2.75, 3.05) is 13.7 Å². The Bertz CT molecular complexity index is 497. The maximum absolute atomic E-state index is 5.30. The highest BCUT2D eigenvalue weighted by Crippen LogP contribution is 2.27. The molecule has 1 unspecified atom stereocenters. The summed E-state index contributed by atoms with van der Waals surface area (Å²) in [6.45, 7) is 5.08. The number of nitrogens with zero attached hydrogens (tertiary/aromatic N) is 1. The standard InChI is InChI=1S/C14H18N2OS/c1-4-15-13(14-16-7-8-18-14)11-5-6-12(17-3)10(2)9-11/h5-9,13,15H,4H2,1-3H3. The average Bonchev–Trinajstić information content (AvgIpc) is 2.89. The second kappa shape index (κ2) is 5.98. The summed E-state index contributed by atoms with van der Waals surface area (Å²) in [4.78, 5) is 4.41. The third kappa shape index (κ3) is 2.71. The molecular formula is C14H18N2OS. The first-order valence-corrected chi connectivity index (χ1v) is 6.91. The van der Waals surface area contributed by atoms with Crippen LogP contribution in [0.5, 0.6) is 5.75 Å². The molecule has 0 spiro atoms. The van der Waals surface area contributed by atoms with E-state index in [2.05, 4.69) is 36.3 Å². The number of ether oxygens (including phenoxy) is 1. The van der Waals surface area contributed by atoms with E-state index in [9.17, 15) is 0 Å². The van der Waals surface area contributed by atoms with Crippen molar-refractivity contribution in [1.82, 2.24) is 10.3 Å². The number of hydrogen-bond acceptors (Lipinski definition) is 4. The van der Waals surface area contributed by atoms with Gasteiger partial charge in [0, 0.05) is 11.6 Å². The van der Waals surface area contributed by atoms with E-state index in [-0.39, 0.29) is 6.04 Å². The van der Waals surface area contributed by atoms with Gasteiger partial charge in [0.1, 0.15) is 10.8 Å². The molecule has 1 N–H and O–H groups in total. The van der Waals surface area contributed by atoms with Crippen molar-refractivity contribution < 1.29 is 4.74 Å². The lowest BCUT2D eigenvalue weighted by Gasteiger charge is -2.17. The van der Waals surface area contributed by atoms with Gasteiger partial charge in [-0.2, -0.15) is 0 Å². The van der Waals surface area contributed by atoms with Crippen LogP contribution in [0.15, 0.2) is 29.8 Å². The van der Waals surface area contributed by atoms with E-state index in [0.717, 1.165) is 22.9 Å². The largest absolute Gasteiger partial charge is 0.496 e. The number of rotatable bonds is 5. The molecule has 18 heavy (non-hydrogen) atoms. The third-order valence-corrected chi connectivity index (χ3v) is 3.70. The molecule has 0 saturated heterocycles. The molecule has 0 radical (unpaired) electrons. The predicted octanol–water partition coefficient (Wildman–Crippen LogP) is 3.16. The minimum atomic E-state index is 0.166. The first-order chi connectivity index (χ1) is 8.76. The molecule has 4 heteroatoms. The summed E-state index contributed by atoms with van der Waals surface area (Å²) >= 11 is 1.68. The van der Waals surface area contributed by atoms with E-state index in [1.807, 2.05) is 17.6 Å². The number of aryl methyl sites for hydroxylation is 1. The van der Waals surface area contributed by atoms with Crippen LogP contribution in [0.25, 0.3) is 0 Å². The van der Waals surface area contributed by atoms with Gasteiger partial charge in [0.2, 0.25) is 0 Å². The van der Waals surface area contributed by atoms with Gasteiger partial charge >= 0.3 is 0 Å². The number of thiazole rings is 1. The lowest BCUT2D eigenvalue weighted by molar-refractivity contribution is 0.411. The summed E-state index contributed by atoms with van der Waals surface area (Å²) in [6, 6.07) is 6.44. The van der Waals surface area contributed by atoms with Crippen molar-refractivity contribution >= 4 is 11.3 Å². The summed E-state index contributed by atoms with van der Waals surface area (Å²) in [5.74, 6) is 0.924. The van der Waals surface area contributed by atoms with Crippen molar-refractivity contribution in [1.29, 1.82) is 0 Å². The lowest BCUT2D eigenvalue weighted by Crippen LogP contribution is -2.21. The number of aromatic nitrogens is 1. The summed E-state index contributed by atoms with van der Waals surface area (Å²) in [7, 11) is 1.70. The molecule has 0 fully saturated rings. The molecular weight excluding hydrogens is 244 g/mol. The van der Waals surface area contributed by atoms with E-state index in [4.69, 9.17) is 4.74 Å². The van der Waals surface area contributed by atoms with Crippen LogP contribution in [0.3, 0.4) is 0 Å². The van der Waals surface area contributed by atoms with Gasteiger partial charge in [-0.25, -0.2) is 4.98 Å². The summed E-state index contributed by atoms with van der Waals surface area (Å²) in [5, 5.41) is 6.58. The highest BCUT2D eigenvalue weighted by molar-refractivity contribution is 7.09. The topological polar surface area (TPSA) is 34.1 Å². The van der Waals surface area contributed by atoms with E-state index in [1.54, 1.807) is 18.4 Å². The fourth-order valence-electron chi connectivity index (χ4n) is 2.01. The lowest BCUT2D eigenvalue weighted by atomic mass is 10.0. The van der Waals surface area contributed by atoms with Gasteiger partial charge in [0.05, 0.1) is 13.2 Å². The first-order valence-electron chi connectivity index (χ1n) is 6.03. The smallest absolute Gasteiger partial charge is 0.121 e. The zero-order valence-corrected chi connectivity index (χ0v) is 11.8. The van der Waals surface area contributed by atoms with Crippen LogP contribution in [0.4, 0.5) is 0 Å². The van der Waals surface area contributed by atoms with Crippen LogP contribution < -0.4 is 10.1 Å². The van der Waals surface area contributed by atoms with Crippen LogP contribution >= 0.6 is 11.3 Å². The number of methoxy groups -OCH3 is 1. The Morgan fingerprint density at radius 3 is 2.83 bits per heavy atom. The Labute approximate surface area is 112 Å². The molecule has 0 amide bonds. The monoisotopic (exact) mass is 262 g/mol. The Hall–Kier alpha value is -1.39. The molecule has 2 rings (SSSR count). The Kier molecular flexibility index (Phi) is 4.33. The first kappa shape index (κ1) is 13.1. The Morgan fingerprint density at radius 2 is 2.28 bits per heavy atom. The Balaban J connectivity index is 2.34. The number of nitrogens with one attached hydrogen (secondary N) is 1. The third-order valence-electron chi connectivity index (χ3n) is 2.86. The molecule has 3 nitrogen and oxygen atoms in total. The fourth-order valence-corrected chi connectivity index (χ4v) is 2.75. The van der Waals surface area contributed by atoms with E-state index < -0.39 is 0 Å². The van der Waals surface area contributed by atoms with Crippen molar-refractivity contribution in [2.45, 2.75) is 19.9 Å². The van der Waals surface area contributed by atoms with Gasteiger partial charge < -0.3 is 10.1 Å². The predicted molar refractivity (Wildman–Crippen MR) is 75.4 cm³/mol. The minimum Gasteiger partial charge on any atom is -0.496 e. The molecule has 1 aromatic carbocycles. The van der Waals surface area contributed by atoms with Crippen LogP contribution in [0.2, 0.25) is 0 Å². The van der Waals surface area contributed by atoms with Crippen molar-refractivity contribution in [3.05, 3.63) is 45.9 Å². The van der Waals surface area contributed by atoms with Crippen LogP contribution in [-0.4, -0.2) is 18.6 Å². The van der Waals surface area contributed by atoms with Gasteiger partial charge in [0.15, 0.2) is 0 Å². The summed E-state index contributed by atoms with van der Waals surface area (Å²) in [5.41, 5.74) is 2.37. The van der Waals surface area contributed by atoms with Crippen molar-refractivity contribution in [3.63, 3.8) is 0 Å². The summed E-state index contributed by atoms with van der Waals surface area (Å²) < 4.78 is 5.30. The van der Waals surface area contributed by atoms with E-state index >= 15 is 0 Å². The number of benzene rings is 1. The van der Waals surface area contributed by atoms with Gasteiger partial charge in [0.25, 0.3) is 0 Å². The normalized spacial score (nSPS) is 12.4. The Morgan fingerprint density at radius 1 is 1.44 bits per heavy atom. The van der Waals surface area contributed by atoms with Crippen LogP contribution in [0.1, 0.15) is 29.1 Å². The molecule has 96 valence electrons. The maximum atomic E-state index is 5.30. The van der Waals surface area contributed by atoms with Gasteiger partial charge in [-0.05, 0) is 30.7 Å². The highest BCUT2D eigenvalue weighted by atomic mass is 32.1. The molecule has 1 heterocycles. The summed E-state index contributed by atoms with van der Waals surface area (Å²) in [6.07, 6.45) is 1.85. The minimum absolute atomic E-state index is 0.166. The van der Waals surface area contributed by atoms with Gasteiger partial charge in [-0.1, -0.05) is 19.1 Å². The van der Waals surface area contributed by atoms with E-state index in [1.165, 1.54) is 5.56 Å². The van der Waals surface area contributed by atoms with Gasteiger partial charge in [-0.15, -0.1) is 11.3 Å². The van der Waals surface area contributed by atoms with E-state index in [0.29, 0.717) is 0 Å². The molecule has 0 aliphatic carbocycles. The molecule has 0 saturated carbocycles. The quantitative estimate of drug-likeness (QED) is 0.898.